The fourth-order valence-corrected chi connectivity index (χ4v) is 3.16. The highest BCUT2D eigenvalue weighted by Crippen LogP contribution is 2.23. The molecule has 0 saturated carbocycles. The Balaban J connectivity index is 1.62. The molecule has 0 radical (unpaired) electrons. The normalized spacial score (nSPS) is 22.3. The number of piperidine rings is 1. The van der Waals surface area contributed by atoms with Crippen molar-refractivity contribution in [2.45, 2.75) is 39.2 Å². The quantitative estimate of drug-likeness (QED) is 0.846. The number of likely N-dealkylation sites (tertiary alicyclic amines) is 1. The molecule has 124 valence electrons. The highest BCUT2D eigenvalue weighted by Gasteiger charge is 2.30. The van der Waals surface area contributed by atoms with Crippen molar-refractivity contribution in [3.8, 4) is 0 Å². The van der Waals surface area contributed by atoms with Crippen molar-refractivity contribution in [3.05, 3.63) is 18.1 Å². The molecule has 0 bridgehead atoms. The second-order valence-corrected chi connectivity index (χ2v) is 6.33. The molecule has 2 aliphatic heterocycles. The molecular formula is C16H22N4O3. The third-order valence-electron chi connectivity index (χ3n) is 4.47. The van der Waals surface area contributed by atoms with Crippen molar-refractivity contribution < 1.29 is 14.3 Å². The maximum Gasteiger partial charge on any atom is 0.415 e. The topological polar surface area (TPSA) is 75.6 Å². The second-order valence-electron chi connectivity index (χ2n) is 6.33. The van der Waals surface area contributed by atoms with E-state index in [1.165, 1.54) is 4.90 Å². The van der Waals surface area contributed by atoms with Gasteiger partial charge in [0.2, 0.25) is 5.91 Å². The average molecular weight is 318 g/mol. The van der Waals surface area contributed by atoms with E-state index in [4.69, 9.17) is 4.74 Å². The first-order chi connectivity index (χ1) is 11.0. The Morgan fingerprint density at radius 3 is 2.70 bits per heavy atom. The molecule has 0 N–H and O–H groups in total. The molecule has 0 spiro atoms. The molecule has 2 saturated heterocycles. The van der Waals surface area contributed by atoms with Crippen LogP contribution in [0.5, 0.6) is 0 Å². The van der Waals surface area contributed by atoms with Crippen molar-refractivity contribution >= 4 is 17.8 Å². The molecule has 7 nitrogen and oxygen atoms in total. The highest BCUT2D eigenvalue weighted by atomic mass is 16.6. The van der Waals surface area contributed by atoms with E-state index >= 15 is 0 Å². The van der Waals surface area contributed by atoms with Crippen LogP contribution in [-0.4, -0.2) is 52.6 Å². The first-order valence-corrected chi connectivity index (χ1v) is 8.07. The monoisotopic (exact) mass is 318 g/mol. The van der Waals surface area contributed by atoms with Crippen molar-refractivity contribution in [1.82, 2.24) is 14.9 Å². The Morgan fingerprint density at radius 2 is 2.09 bits per heavy atom. The van der Waals surface area contributed by atoms with Gasteiger partial charge in [0.1, 0.15) is 6.10 Å². The van der Waals surface area contributed by atoms with Crippen LogP contribution in [0.1, 0.15) is 32.4 Å². The van der Waals surface area contributed by atoms with Crippen molar-refractivity contribution in [2.24, 2.45) is 5.92 Å². The van der Waals surface area contributed by atoms with Crippen molar-refractivity contribution in [3.63, 3.8) is 0 Å². The maximum absolute atomic E-state index is 11.8. The van der Waals surface area contributed by atoms with Crippen LogP contribution in [0.4, 0.5) is 10.6 Å². The van der Waals surface area contributed by atoms with Gasteiger partial charge in [-0.2, -0.15) is 0 Å². The molecule has 2 fully saturated rings. The van der Waals surface area contributed by atoms with Gasteiger partial charge in [0, 0.05) is 26.2 Å². The highest BCUT2D eigenvalue weighted by molar-refractivity contribution is 5.88. The van der Waals surface area contributed by atoms with Crippen LogP contribution in [0.15, 0.2) is 12.4 Å². The summed E-state index contributed by atoms with van der Waals surface area (Å²) in [7, 11) is 0. The number of nitrogens with zero attached hydrogens (tertiary/aromatic N) is 4. The zero-order valence-corrected chi connectivity index (χ0v) is 13.6. The number of hydrogen-bond acceptors (Lipinski definition) is 5. The minimum Gasteiger partial charge on any atom is -0.444 e. The van der Waals surface area contributed by atoms with Gasteiger partial charge >= 0.3 is 6.09 Å². The van der Waals surface area contributed by atoms with Crippen molar-refractivity contribution in [1.29, 1.82) is 0 Å². The standard InChI is InChI=1S/C16H22N4O3/c1-11-10-20(16(22)23-11)15-9-17-8-14(18-15)7-13-3-5-19(6-4-13)12(2)21/h8-9,11,13H,3-7,10H2,1-2H3/t11-/m0/s1. The fraction of sp³-hybridized carbons (Fsp3) is 0.625. The molecule has 0 unspecified atom stereocenters. The van der Waals surface area contributed by atoms with Gasteiger partial charge in [0.15, 0.2) is 5.82 Å². The largest absolute Gasteiger partial charge is 0.444 e. The molecule has 0 aliphatic carbocycles. The molecule has 1 atom stereocenters. The SMILES string of the molecule is CC(=O)N1CCC(Cc2cncc(N3C[C@H](C)OC3=O)n2)CC1. The van der Waals surface area contributed by atoms with Gasteiger partial charge in [0.25, 0.3) is 0 Å². The number of amides is 2. The molecule has 2 amide bonds. The Hall–Kier alpha value is -2.18. The molecule has 3 rings (SSSR count). The number of cyclic esters (lactones) is 1. The number of rotatable bonds is 3. The molecule has 7 heteroatoms. The summed E-state index contributed by atoms with van der Waals surface area (Å²) >= 11 is 0. The average Bonchev–Trinajstić information content (AvgIpc) is 2.87. The van der Waals surface area contributed by atoms with E-state index in [1.807, 2.05) is 11.8 Å². The number of carbonyl (C=O) groups is 2. The lowest BCUT2D eigenvalue weighted by Gasteiger charge is -2.31. The zero-order chi connectivity index (χ0) is 16.4. The Labute approximate surface area is 135 Å². The zero-order valence-electron chi connectivity index (χ0n) is 13.6. The molecule has 0 aromatic carbocycles. The van der Waals surface area contributed by atoms with Gasteiger partial charge in [-0.25, -0.2) is 9.78 Å². The van der Waals surface area contributed by atoms with Crippen LogP contribution < -0.4 is 4.90 Å². The molecule has 1 aromatic heterocycles. The number of anilines is 1. The number of carbonyl (C=O) groups excluding carboxylic acids is 2. The van der Waals surface area contributed by atoms with Crippen LogP contribution in [0.3, 0.4) is 0 Å². The van der Waals surface area contributed by atoms with Gasteiger partial charge < -0.3 is 9.64 Å². The summed E-state index contributed by atoms with van der Waals surface area (Å²) in [5.41, 5.74) is 0.885. The number of ether oxygens (including phenoxy) is 1. The summed E-state index contributed by atoms with van der Waals surface area (Å²) in [6.45, 7) is 5.60. The lowest BCUT2D eigenvalue weighted by atomic mass is 9.92. The lowest BCUT2D eigenvalue weighted by Crippen LogP contribution is -2.37. The fourth-order valence-electron chi connectivity index (χ4n) is 3.16. The van der Waals surface area contributed by atoms with Crippen LogP contribution in [0.25, 0.3) is 0 Å². The molecular weight excluding hydrogens is 296 g/mol. The van der Waals surface area contributed by atoms with E-state index in [1.54, 1.807) is 19.3 Å². The van der Waals surface area contributed by atoms with E-state index in [0.29, 0.717) is 18.3 Å². The Bertz CT molecular complexity index is 599. The Kier molecular flexibility index (Phi) is 4.45. The van der Waals surface area contributed by atoms with Gasteiger partial charge in [-0.05, 0) is 32.1 Å². The van der Waals surface area contributed by atoms with Crippen LogP contribution in [0, 0.1) is 5.92 Å². The van der Waals surface area contributed by atoms with Crippen LogP contribution in [-0.2, 0) is 16.0 Å². The summed E-state index contributed by atoms with van der Waals surface area (Å²) < 4.78 is 5.13. The van der Waals surface area contributed by atoms with Gasteiger partial charge in [-0.15, -0.1) is 0 Å². The predicted molar refractivity (Wildman–Crippen MR) is 84.0 cm³/mol. The van der Waals surface area contributed by atoms with E-state index in [9.17, 15) is 9.59 Å². The van der Waals surface area contributed by atoms with Crippen LogP contribution in [0.2, 0.25) is 0 Å². The summed E-state index contributed by atoms with van der Waals surface area (Å²) in [6, 6.07) is 0. The summed E-state index contributed by atoms with van der Waals surface area (Å²) in [5.74, 6) is 1.20. The lowest BCUT2D eigenvalue weighted by molar-refractivity contribution is -0.130. The van der Waals surface area contributed by atoms with Gasteiger partial charge in [0.05, 0.1) is 18.4 Å². The first-order valence-electron chi connectivity index (χ1n) is 8.07. The first kappa shape index (κ1) is 15.7. The summed E-state index contributed by atoms with van der Waals surface area (Å²) in [5, 5.41) is 0. The second kappa shape index (κ2) is 6.52. The van der Waals surface area contributed by atoms with E-state index in [2.05, 4.69) is 9.97 Å². The maximum atomic E-state index is 11.8. The summed E-state index contributed by atoms with van der Waals surface area (Å²) in [6.07, 6.45) is 5.66. The minimum absolute atomic E-state index is 0.121. The minimum atomic E-state index is -0.362. The number of aromatic nitrogens is 2. The van der Waals surface area contributed by atoms with E-state index in [-0.39, 0.29) is 18.1 Å². The van der Waals surface area contributed by atoms with Crippen molar-refractivity contribution in [2.75, 3.05) is 24.5 Å². The molecule has 23 heavy (non-hydrogen) atoms. The van der Waals surface area contributed by atoms with Gasteiger partial charge in [-0.1, -0.05) is 0 Å². The third kappa shape index (κ3) is 3.60. The number of hydrogen-bond donors (Lipinski definition) is 0. The van der Waals surface area contributed by atoms with Gasteiger partial charge in [-0.3, -0.25) is 14.7 Å². The van der Waals surface area contributed by atoms with E-state index < -0.39 is 0 Å². The summed E-state index contributed by atoms with van der Waals surface area (Å²) in [4.78, 5) is 35.4. The molecule has 1 aromatic rings. The smallest absolute Gasteiger partial charge is 0.415 e. The van der Waals surface area contributed by atoms with E-state index in [0.717, 1.165) is 38.0 Å². The molecule has 2 aliphatic rings. The predicted octanol–water partition coefficient (Wildman–Crippen LogP) is 1.62. The third-order valence-corrected chi connectivity index (χ3v) is 4.47. The Morgan fingerprint density at radius 1 is 1.35 bits per heavy atom. The molecule has 3 heterocycles. The van der Waals surface area contributed by atoms with Crippen LogP contribution >= 0.6 is 0 Å².